The number of aromatic nitrogens is 1. The van der Waals surface area contributed by atoms with Crippen molar-refractivity contribution in [3.8, 4) is 16.9 Å². The predicted molar refractivity (Wildman–Crippen MR) is 147 cm³/mol. The van der Waals surface area contributed by atoms with Gasteiger partial charge in [0, 0.05) is 44.5 Å². The van der Waals surface area contributed by atoms with E-state index in [-0.39, 0.29) is 42.0 Å². The number of amides is 2. The van der Waals surface area contributed by atoms with E-state index < -0.39 is 12.2 Å². The minimum atomic E-state index is -0.619. The Morgan fingerprint density at radius 2 is 1.87 bits per heavy atom. The van der Waals surface area contributed by atoms with E-state index in [1.165, 1.54) is 0 Å². The van der Waals surface area contributed by atoms with Gasteiger partial charge in [-0.05, 0) is 60.1 Å². The van der Waals surface area contributed by atoms with Crippen molar-refractivity contribution in [3.63, 3.8) is 0 Å². The second-order valence-electron chi connectivity index (χ2n) is 12.2. The highest BCUT2D eigenvalue weighted by atomic mass is 16.5. The molecular formula is C30H40N4O5. The van der Waals surface area contributed by atoms with Crippen molar-refractivity contribution >= 4 is 11.8 Å². The zero-order valence-electron chi connectivity index (χ0n) is 23.1. The molecule has 1 aromatic heterocycles. The average Bonchev–Trinajstić information content (AvgIpc) is 3.28. The van der Waals surface area contributed by atoms with Crippen molar-refractivity contribution in [1.82, 2.24) is 20.5 Å². The minimum Gasteiger partial charge on any atom is -0.493 e. The zero-order chi connectivity index (χ0) is 27.6. The fraction of sp³-hybridized carbons (Fsp3) is 0.567. The fourth-order valence-electron chi connectivity index (χ4n) is 5.85. The summed E-state index contributed by atoms with van der Waals surface area (Å²) < 4.78 is 12.4. The highest BCUT2D eigenvalue weighted by molar-refractivity contribution is 5.98. The van der Waals surface area contributed by atoms with Crippen LogP contribution in [0, 0.1) is 5.41 Å². The molecule has 9 heteroatoms. The molecule has 210 valence electrons. The highest BCUT2D eigenvalue weighted by Crippen LogP contribution is 2.30. The molecule has 0 unspecified atom stereocenters. The topological polar surface area (TPSA) is 113 Å². The third kappa shape index (κ3) is 6.77. The van der Waals surface area contributed by atoms with Crippen LogP contribution in [0.5, 0.6) is 5.75 Å². The molecule has 3 aliphatic heterocycles. The van der Waals surface area contributed by atoms with Crippen molar-refractivity contribution in [1.29, 1.82) is 0 Å². The lowest BCUT2D eigenvalue weighted by atomic mass is 9.95. The predicted octanol–water partition coefficient (Wildman–Crippen LogP) is 2.77. The molecule has 0 spiro atoms. The monoisotopic (exact) mass is 536 g/mol. The van der Waals surface area contributed by atoms with Crippen LogP contribution >= 0.6 is 0 Å². The van der Waals surface area contributed by atoms with Gasteiger partial charge in [0.2, 0.25) is 5.91 Å². The average molecular weight is 537 g/mol. The summed E-state index contributed by atoms with van der Waals surface area (Å²) in [5.74, 6) is 0.212. The van der Waals surface area contributed by atoms with E-state index >= 15 is 0 Å². The lowest BCUT2D eigenvalue weighted by Crippen LogP contribution is -2.51. The van der Waals surface area contributed by atoms with Crippen molar-refractivity contribution in [2.75, 3.05) is 26.2 Å². The number of aliphatic hydroxyl groups excluding tert-OH is 1. The first-order chi connectivity index (χ1) is 18.7. The molecule has 2 fully saturated rings. The Hall–Kier alpha value is -3.01. The number of ether oxygens (including phenoxy) is 2. The maximum Gasteiger partial charge on any atom is 0.255 e. The van der Waals surface area contributed by atoms with Crippen LogP contribution in [-0.2, 0) is 9.53 Å². The van der Waals surface area contributed by atoms with Crippen LogP contribution in [0.1, 0.15) is 56.8 Å². The Bertz CT molecular complexity index is 1170. The number of rotatable bonds is 2. The number of hydrogen-bond donors (Lipinski definition) is 3. The molecule has 4 heterocycles. The molecule has 3 N–H and O–H groups in total. The van der Waals surface area contributed by atoms with Gasteiger partial charge in [0.15, 0.2) is 0 Å². The normalized spacial score (nSPS) is 28.7. The molecule has 0 radical (unpaired) electrons. The summed E-state index contributed by atoms with van der Waals surface area (Å²) in [6, 6.07) is 8.92. The summed E-state index contributed by atoms with van der Waals surface area (Å²) in [7, 11) is 0. The number of aliphatic hydroxyl groups is 1. The number of likely N-dealkylation sites (tertiary alicyclic amines) is 1. The Labute approximate surface area is 230 Å². The summed E-state index contributed by atoms with van der Waals surface area (Å²) >= 11 is 0. The van der Waals surface area contributed by atoms with Gasteiger partial charge in [-0.25, -0.2) is 0 Å². The molecule has 2 saturated heterocycles. The first-order valence-electron chi connectivity index (χ1n) is 14.0. The molecule has 5 rings (SSSR count). The van der Waals surface area contributed by atoms with Crippen molar-refractivity contribution in [2.45, 2.75) is 76.9 Å². The molecular weight excluding hydrogens is 496 g/mol. The first-order valence-corrected chi connectivity index (χ1v) is 14.0. The minimum absolute atomic E-state index is 0.0180. The van der Waals surface area contributed by atoms with Gasteiger partial charge < -0.3 is 25.2 Å². The highest BCUT2D eigenvalue weighted by Gasteiger charge is 2.40. The number of fused-ring (bicyclic) bond motifs is 5. The Kier molecular flexibility index (Phi) is 8.21. The third-order valence-corrected chi connectivity index (χ3v) is 7.71. The number of carbonyl (C=O) groups is 2. The van der Waals surface area contributed by atoms with Gasteiger partial charge in [-0.3, -0.25) is 19.5 Å². The van der Waals surface area contributed by atoms with Crippen LogP contribution in [0.15, 0.2) is 42.7 Å². The van der Waals surface area contributed by atoms with Gasteiger partial charge in [0.1, 0.15) is 11.9 Å². The number of nitrogens with one attached hydrogen (secondary N) is 2. The van der Waals surface area contributed by atoms with E-state index in [0.29, 0.717) is 50.1 Å². The van der Waals surface area contributed by atoms with Gasteiger partial charge in [-0.2, -0.15) is 0 Å². The quantitative estimate of drug-likeness (QED) is 0.541. The summed E-state index contributed by atoms with van der Waals surface area (Å²) in [6.07, 6.45) is 4.74. The number of benzene rings is 1. The largest absolute Gasteiger partial charge is 0.493 e. The standard InChI is InChI=1S/C30H40N4O5/c1-30(2,3)18-34-17-21-15-24(34)29(37)32-16-27-25(35)7-5-22(39-27)10-13-38-26-14-20(19-8-11-31-12-9-19)4-6-23(26)28(36)33-21/h4,6,8-9,11-12,14,21-22,24-25,27,35H,5,7,10,13,15-18H2,1-3H3,(H,32,37)(H,33,36)/t21-,22-,24-,25-,27+/m0/s1. The molecule has 0 saturated carbocycles. The molecule has 2 amide bonds. The van der Waals surface area contributed by atoms with Crippen molar-refractivity contribution in [3.05, 3.63) is 48.3 Å². The summed E-state index contributed by atoms with van der Waals surface area (Å²) in [6.45, 7) is 8.35. The van der Waals surface area contributed by atoms with E-state index in [9.17, 15) is 14.7 Å². The lowest BCUT2D eigenvalue weighted by molar-refractivity contribution is -0.133. The molecule has 4 bridgehead atoms. The molecule has 2 aromatic rings. The summed E-state index contributed by atoms with van der Waals surface area (Å²) in [4.78, 5) is 33.2. The van der Waals surface area contributed by atoms with Crippen LogP contribution in [0.2, 0.25) is 0 Å². The second kappa shape index (κ2) is 11.6. The summed E-state index contributed by atoms with van der Waals surface area (Å²) in [5, 5.41) is 16.8. The molecule has 5 atom stereocenters. The maximum atomic E-state index is 13.5. The van der Waals surface area contributed by atoms with Gasteiger partial charge in [-0.15, -0.1) is 0 Å². The SMILES string of the molecule is CC(C)(C)CN1C[C@@H]2C[C@H]1C(=O)NC[C@H]1O[C@H](CCOc3cc(-c4ccncc4)ccc3C(=O)N2)CC[C@@H]1O. The molecule has 1 aromatic carbocycles. The molecule has 39 heavy (non-hydrogen) atoms. The number of pyridine rings is 1. The van der Waals surface area contributed by atoms with Crippen LogP contribution in [-0.4, -0.2) is 83.4 Å². The van der Waals surface area contributed by atoms with Crippen LogP contribution < -0.4 is 15.4 Å². The van der Waals surface area contributed by atoms with Gasteiger partial charge in [0.25, 0.3) is 5.91 Å². The van der Waals surface area contributed by atoms with Crippen LogP contribution in [0.3, 0.4) is 0 Å². The van der Waals surface area contributed by atoms with Crippen molar-refractivity contribution in [2.24, 2.45) is 5.41 Å². The third-order valence-electron chi connectivity index (χ3n) is 7.71. The van der Waals surface area contributed by atoms with E-state index in [1.807, 2.05) is 24.3 Å². The second-order valence-corrected chi connectivity index (χ2v) is 12.2. The van der Waals surface area contributed by atoms with Gasteiger partial charge in [-0.1, -0.05) is 26.8 Å². The van der Waals surface area contributed by atoms with Gasteiger partial charge in [0.05, 0.1) is 30.4 Å². The molecule has 9 nitrogen and oxygen atoms in total. The molecule has 3 aliphatic rings. The lowest BCUT2D eigenvalue weighted by Gasteiger charge is -2.35. The Morgan fingerprint density at radius 1 is 1.08 bits per heavy atom. The maximum absolute atomic E-state index is 13.5. The smallest absolute Gasteiger partial charge is 0.255 e. The van der Waals surface area contributed by atoms with E-state index in [1.54, 1.807) is 18.5 Å². The first kappa shape index (κ1) is 27.6. The Balaban J connectivity index is 1.44. The summed E-state index contributed by atoms with van der Waals surface area (Å²) in [5.41, 5.74) is 2.37. The molecule has 0 aliphatic carbocycles. The number of carbonyl (C=O) groups excluding carboxylic acids is 2. The van der Waals surface area contributed by atoms with E-state index in [2.05, 4.69) is 41.3 Å². The number of hydrogen-bond acceptors (Lipinski definition) is 7. The fourth-order valence-corrected chi connectivity index (χ4v) is 5.85. The van der Waals surface area contributed by atoms with Crippen LogP contribution in [0.25, 0.3) is 11.1 Å². The van der Waals surface area contributed by atoms with Crippen molar-refractivity contribution < 1.29 is 24.2 Å². The van der Waals surface area contributed by atoms with Gasteiger partial charge >= 0.3 is 0 Å². The number of nitrogens with zero attached hydrogens (tertiary/aromatic N) is 2. The van der Waals surface area contributed by atoms with E-state index in [0.717, 1.165) is 17.7 Å². The van der Waals surface area contributed by atoms with Crippen LogP contribution in [0.4, 0.5) is 0 Å². The Morgan fingerprint density at radius 3 is 2.64 bits per heavy atom. The van der Waals surface area contributed by atoms with E-state index in [4.69, 9.17) is 9.47 Å². The zero-order valence-corrected chi connectivity index (χ0v) is 23.1.